The molecule has 110 valence electrons. The van der Waals surface area contributed by atoms with Crippen LogP contribution in [0.5, 0.6) is 5.75 Å². The number of aryl methyl sites for hydroxylation is 1. The van der Waals surface area contributed by atoms with Crippen molar-refractivity contribution in [3.63, 3.8) is 0 Å². The van der Waals surface area contributed by atoms with Gasteiger partial charge in [-0.25, -0.2) is 4.98 Å². The molecule has 0 aliphatic rings. The van der Waals surface area contributed by atoms with E-state index in [4.69, 9.17) is 4.74 Å². The maximum atomic E-state index is 10.7. The van der Waals surface area contributed by atoms with Crippen molar-refractivity contribution in [3.05, 3.63) is 56.7 Å². The minimum atomic E-state index is -0.442. The van der Waals surface area contributed by atoms with Crippen molar-refractivity contribution in [2.45, 2.75) is 6.92 Å². The lowest BCUT2D eigenvalue weighted by molar-refractivity contribution is -0.385. The highest BCUT2D eigenvalue weighted by atomic mass is 79.9. The number of halogens is 1. The van der Waals surface area contributed by atoms with Crippen LogP contribution in [0.1, 0.15) is 5.56 Å². The van der Waals surface area contributed by atoms with E-state index in [-0.39, 0.29) is 5.69 Å². The molecule has 1 aromatic heterocycles. The van der Waals surface area contributed by atoms with E-state index in [0.717, 1.165) is 10.2 Å². The van der Waals surface area contributed by atoms with Crippen LogP contribution < -0.4 is 10.1 Å². The third-order valence-electron chi connectivity index (χ3n) is 2.77. The fourth-order valence-corrected chi connectivity index (χ4v) is 1.98. The minimum absolute atomic E-state index is 0.0201. The number of hydrogen-bond donors (Lipinski definition) is 1. The fraction of sp³-hybridized carbons (Fsp3) is 0.214. The molecule has 0 amide bonds. The Morgan fingerprint density at radius 3 is 2.71 bits per heavy atom. The number of nitro groups is 1. The van der Waals surface area contributed by atoms with Crippen molar-refractivity contribution in [2.75, 3.05) is 18.5 Å². The topological polar surface area (TPSA) is 77.3 Å². The molecule has 2 rings (SSSR count). The van der Waals surface area contributed by atoms with Gasteiger partial charge < -0.3 is 10.1 Å². The average Bonchev–Trinajstić information content (AvgIpc) is 2.45. The van der Waals surface area contributed by atoms with E-state index in [1.807, 2.05) is 24.3 Å². The minimum Gasteiger partial charge on any atom is -0.492 e. The van der Waals surface area contributed by atoms with E-state index in [9.17, 15) is 10.1 Å². The van der Waals surface area contributed by atoms with Gasteiger partial charge in [-0.05, 0) is 37.3 Å². The average molecular weight is 352 g/mol. The molecule has 2 aromatic rings. The number of nitrogens with one attached hydrogen (secondary N) is 1. The second kappa shape index (κ2) is 7.03. The van der Waals surface area contributed by atoms with Crippen LogP contribution >= 0.6 is 15.9 Å². The van der Waals surface area contributed by atoms with Gasteiger partial charge in [0.15, 0.2) is 0 Å². The fourth-order valence-electron chi connectivity index (χ4n) is 1.72. The van der Waals surface area contributed by atoms with Crippen LogP contribution in [0.15, 0.2) is 41.0 Å². The molecule has 0 fully saturated rings. The van der Waals surface area contributed by atoms with Gasteiger partial charge in [-0.2, -0.15) is 0 Å². The van der Waals surface area contributed by atoms with Crippen LogP contribution in [-0.4, -0.2) is 23.1 Å². The van der Waals surface area contributed by atoms with Crippen molar-refractivity contribution < 1.29 is 9.66 Å². The highest BCUT2D eigenvalue weighted by molar-refractivity contribution is 9.10. The normalized spacial score (nSPS) is 10.2. The monoisotopic (exact) mass is 351 g/mol. The summed E-state index contributed by atoms with van der Waals surface area (Å²) < 4.78 is 6.55. The summed E-state index contributed by atoms with van der Waals surface area (Å²) in [5.74, 6) is 1.38. The molecule has 21 heavy (non-hydrogen) atoms. The van der Waals surface area contributed by atoms with Crippen LogP contribution in [0.4, 0.5) is 11.5 Å². The van der Waals surface area contributed by atoms with Crippen molar-refractivity contribution in [3.8, 4) is 5.75 Å². The van der Waals surface area contributed by atoms with E-state index >= 15 is 0 Å². The number of nitrogens with zero attached hydrogens (tertiary/aromatic N) is 2. The summed E-state index contributed by atoms with van der Waals surface area (Å²) in [6, 6.07) is 9.21. The Labute approximate surface area is 130 Å². The number of aromatic nitrogens is 1. The highest BCUT2D eigenvalue weighted by Crippen LogP contribution is 2.19. The van der Waals surface area contributed by atoms with Crippen LogP contribution in [0, 0.1) is 17.0 Å². The maximum Gasteiger partial charge on any atom is 0.290 e. The number of pyridine rings is 1. The molecular formula is C14H14BrN3O3. The molecule has 0 aliphatic heterocycles. The van der Waals surface area contributed by atoms with E-state index < -0.39 is 4.92 Å². The Hall–Kier alpha value is -2.15. The molecule has 0 saturated heterocycles. The van der Waals surface area contributed by atoms with Gasteiger partial charge in [-0.15, -0.1) is 0 Å². The first-order valence-corrected chi connectivity index (χ1v) is 7.09. The number of ether oxygens (including phenoxy) is 1. The summed E-state index contributed by atoms with van der Waals surface area (Å²) >= 11 is 3.36. The number of rotatable bonds is 6. The highest BCUT2D eigenvalue weighted by Gasteiger charge is 2.10. The zero-order valence-electron chi connectivity index (χ0n) is 11.4. The van der Waals surface area contributed by atoms with E-state index in [1.54, 1.807) is 13.0 Å². The number of benzene rings is 1. The standard InChI is InChI=1S/C14H14BrN3O3/c1-10-8-14(17-9-13(10)18(19)20)16-6-7-21-12-4-2-11(15)3-5-12/h2-5,8-9H,6-7H2,1H3,(H,16,17). The van der Waals surface area contributed by atoms with E-state index in [0.29, 0.717) is 24.5 Å². The third kappa shape index (κ3) is 4.42. The SMILES string of the molecule is Cc1cc(NCCOc2ccc(Br)cc2)ncc1[N+](=O)[O-]. The lowest BCUT2D eigenvalue weighted by Crippen LogP contribution is -2.12. The molecular weight excluding hydrogens is 338 g/mol. The van der Waals surface area contributed by atoms with Gasteiger partial charge in [0.2, 0.25) is 0 Å². The summed E-state index contributed by atoms with van der Waals surface area (Å²) in [5, 5.41) is 13.8. The molecule has 0 saturated carbocycles. The van der Waals surface area contributed by atoms with Gasteiger partial charge in [0.1, 0.15) is 24.4 Å². The van der Waals surface area contributed by atoms with E-state index in [2.05, 4.69) is 26.2 Å². The molecule has 1 N–H and O–H groups in total. The van der Waals surface area contributed by atoms with Crippen molar-refractivity contribution in [2.24, 2.45) is 0 Å². The maximum absolute atomic E-state index is 10.7. The Bertz CT molecular complexity index is 632. The molecule has 0 aliphatic carbocycles. The van der Waals surface area contributed by atoms with Crippen molar-refractivity contribution in [1.82, 2.24) is 4.98 Å². The number of anilines is 1. The molecule has 0 atom stereocenters. The first-order chi connectivity index (χ1) is 10.1. The second-order valence-electron chi connectivity index (χ2n) is 4.34. The van der Waals surface area contributed by atoms with Gasteiger partial charge in [-0.1, -0.05) is 15.9 Å². The van der Waals surface area contributed by atoms with Crippen LogP contribution in [0.2, 0.25) is 0 Å². The predicted octanol–water partition coefficient (Wildman–Crippen LogP) is 3.55. The summed E-state index contributed by atoms with van der Waals surface area (Å²) in [4.78, 5) is 14.3. The van der Waals surface area contributed by atoms with Gasteiger partial charge in [0, 0.05) is 10.0 Å². The lowest BCUT2D eigenvalue weighted by atomic mass is 10.2. The summed E-state index contributed by atoms with van der Waals surface area (Å²) in [7, 11) is 0. The summed E-state index contributed by atoms with van der Waals surface area (Å²) in [6.45, 7) is 2.71. The molecule has 0 unspecified atom stereocenters. The Morgan fingerprint density at radius 2 is 2.10 bits per heavy atom. The van der Waals surface area contributed by atoms with Gasteiger partial charge >= 0.3 is 0 Å². The molecule has 1 aromatic carbocycles. The first kappa shape index (κ1) is 15.2. The Morgan fingerprint density at radius 1 is 1.38 bits per heavy atom. The second-order valence-corrected chi connectivity index (χ2v) is 5.26. The smallest absolute Gasteiger partial charge is 0.290 e. The van der Waals surface area contributed by atoms with Gasteiger partial charge in [0.05, 0.1) is 11.5 Å². The molecule has 7 heteroatoms. The van der Waals surface area contributed by atoms with Gasteiger partial charge in [0.25, 0.3) is 5.69 Å². The zero-order chi connectivity index (χ0) is 15.2. The third-order valence-corrected chi connectivity index (χ3v) is 3.30. The Balaban J connectivity index is 1.82. The zero-order valence-corrected chi connectivity index (χ0v) is 13.0. The molecule has 0 spiro atoms. The van der Waals surface area contributed by atoms with E-state index in [1.165, 1.54) is 6.20 Å². The summed E-state index contributed by atoms with van der Waals surface area (Å²) in [6.07, 6.45) is 1.26. The number of hydrogen-bond acceptors (Lipinski definition) is 5. The predicted molar refractivity (Wildman–Crippen MR) is 83.8 cm³/mol. The lowest BCUT2D eigenvalue weighted by Gasteiger charge is -2.08. The quantitative estimate of drug-likeness (QED) is 0.489. The Kier molecular flexibility index (Phi) is 5.10. The first-order valence-electron chi connectivity index (χ1n) is 6.29. The largest absolute Gasteiger partial charge is 0.492 e. The molecule has 6 nitrogen and oxygen atoms in total. The molecule has 0 bridgehead atoms. The molecule has 1 heterocycles. The van der Waals surface area contributed by atoms with Gasteiger partial charge in [-0.3, -0.25) is 10.1 Å². The van der Waals surface area contributed by atoms with Crippen LogP contribution in [0.25, 0.3) is 0 Å². The summed E-state index contributed by atoms with van der Waals surface area (Å²) in [5.41, 5.74) is 0.595. The molecule has 0 radical (unpaired) electrons. The van der Waals surface area contributed by atoms with Crippen molar-refractivity contribution >= 4 is 27.4 Å². The van der Waals surface area contributed by atoms with Crippen molar-refractivity contribution in [1.29, 1.82) is 0 Å². The van der Waals surface area contributed by atoms with Crippen LogP contribution in [0.3, 0.4) is 0 Å². The van der Waals surface area contributed by atoms with Crippen LogP contribution in [-0.2, 0) is 0 Å².